The molecule has 0 unspecified atom stereocenters. The van der Waals surface area contributed by atoms with Crippen LogP contribution in [0.25, 0.3) is 0 Å². The fourth-order valence-electron chi connectivity index (χ4n) is 0.168. The highest BCUT2D eigenvalue weighted by atomic mass is 19.1. The van der Waals surface area contributed by atoms with Crippen LogP contribution in [-0.2, 0) is 4.79 Å². The Bertz CT molecular complexity index is 102. The Morgan fingerprint density at radius 2 is 2.29 bits per heavy atom. The molecule has 0 aromatic heterocycles. The fourth-order valence-corrected chi connectivity index (χ4v) is 0.168. The molecule has 0 aromatic carbocycles. The van der Waals surface area contributed by atoms with E-state index in [1.807, 2.05) is 0 Å². The molecular formula is C4H5FO2. The Morgan fingerprint density at radius 3 is 2.29 bits per heavy atom. The lowest BCUT2D eigenvalue weighted by Crippen LogP contribution is -1.81. The van der Waals surface area contributed by atoms with E-state index in [0.717, 1.165) is 6.92 Å². The average molecular weight is 104 g/mol. The number of hydrogen-bond donors (Lipinski definition) is 1. The fraction of sp³-hybridized carbons (Fsp3) is 0.250. The van der Waals surface area contributed by atoms with Gasteiger partial charge in [-0.25, -0.2) is 0 Å². The molecule has 0 aliphatic rings. The molecule has 0 saturated carbocycles. The van der Waals surface area contributed by atoms with Crippen LogP contribution in [0.3, 0.4) is 0 Å². The number of hydrogen-bond acceptors (Lipinski definition) is 2. The van der Waals surface area contributed by atoms with Crippen LogP contribution in [0.4, 0.5) is 4.39 Å². The standard InChI is InChI=1S/C4H5FO2/c1-3(6)2-4(5)7/h2,7H,1H3/b4-2-. The van der Waals surface area contributed by atoms with Gasteiger partial charge in [0.25, 0.3) is 6.01 Å². The van der Waals surface area contributed by atoms with E-state index in [9.17, 15) is 9.18 Å². The summed E-state index contributed by atoms with van der Waals surface area (Å²) < 4.78 is 11.1. The lowest BCUT2D eigenvalue weighted by atomic mass is 10.4. The molecule has 0 heterocycles. The normalized spacial score (nSPS) is 11.4. The predicted molar refractivity (Wildman–Crippen MR) is 22.5 cm³/mol. The van der Waals surface area contributed by atoms with E-state index in [1.54, 1.807) is 0 Å². The van der Waals surface area contributed by atoms with Crippen molar-refractivity contribution >= 4 is 5.78 Å². The van der Waals surface area contributed by atoms with E-state index in [4.69, 9.17) is 5.11 Å². The van der Waals surface area contributed by atoms with Crippen molar-refractivity contribution in [1.82, 2.24) is 0 Å². The topological polar surface area (TPSA) is 37.3 Å². The number of rotatable bonds is 1. The van der Waals surface area contributed by atoms with Crippen molar-refractivity contribution in [2.45, 2.75) is 6.92 Å². The molecule has 0 saturated heterocycles. The first kappa shape index (κ1) is 6.14. The largest absolute Gasteiger partial charge is 0.486 e. The zero-order valence-corrected chi connectivity index (χ0v) is 3.81. The second-order valence-electron chi connectivity index (χ2n) is 1.08. The Labute approximate surface area is 40.3 Å². The summed E-state index contributed by atoms with van der Waals surface area (Å²) in [5.74, 6) is -0.500. The van der Waals surface area contributed by atoms with Crippen LogP contribution in [0.15, 0.2) is 12.1 Å². The molecule has 0 amide bonds. The van der Waals surface area contributed by atoms with Gasteiger partial charge in [0.1, 0.15) is 0 Å². The second-order valence-corrected chi connectivity index (χ2v) is 1.08. The minimum Gasteiger partial charge on any atom is -0.486 e. The van der Waals surface area contributed by atoms with E-state index >= 15 is 0 Å². The highest BCUT2D eigenvalue weighted by Gasteiger charge is 1.87. The van der Waals surface area contributed by atoms with Crippen LogP contribution in [-0.4, -0.2) is 10.9 Å². The number of carbonyl (C=O) groups is 1. The third-order valence-electron chi connectivity index (χ3n) is 0.322. The zero-order chi connectivity index (χ0) is 5.86. The first-order valence-electron chi connectivity index (χ1n) is 1.69. The van der Waals surface area contributed by atoms with Crippen LogP contribution in [0.1, 0.15) is 6.92 Å². The Balaban J connectivity index is 3.68. The molecule has 0 rings (SSSR count). The van der Waals surface area contributed by atoms with Crippen LogP contribution < -0.4 is 0 Å². The van der Waals surface area contributed by atoms with Crippen LogP contribution in [0.2, 0.25) is 0 Å². The molecule has 3 heteroatoms. The maximum Gasteiger partial charge on any atom is 0.273 e. The van der Waals surface area contributed by atoms with Crippen molar-refractivity contribution in [1.29, 1.82) is 0 Å². The smallest absolute Gasteiger partial charge is 0.273 e. The molecular weight excluding hydrogens is 99.0 g/mol. The molecule has 0 spiro atoms. The second kappa shape index (κ2) is 2.34. The maximum atomic E-state index is 11.1. The summed E-state index contributed by atoms with van der Waals surface area (Å²) in [4.78, 5) is 9.78. The predicted octanol–water partition coefficient (Wildman–Crippen LogP) is 0.944. The van der Waals surface area contributed by atoms with Gasteiger partial charge in [0.05, 0.1) is 6.08 Å². The SMILES string of the molecule is CC(=O)/C=C(\O)F. The molecule has 7 heavy (non-hydrogen) atoms. The number of allylic oxidation sites excluding steroid dienone is 1. The number of ketones is 1. The highest BCUT2D eigenvalue weighted by molar-refractivity contribution is 5.87. The molecule has 0 aliphatic carbocycles. The molecule has 0 radical (unpaired) electrons. The van der Waals surface area contributed by atoms with E-state index in [1.165, 1.54) is 0 Å². The number of aliphatic hydroxyl groups excluding tert-OH is 1. The summed E-state index contributed by atoms with van der Waals surface area (Å²) in [7, 11) is 0. The Morgan fingerprint density at radius 1 is 1.86 bits per heavy atom. The van der Waals surface area contributed by atoms with Gasteiger partial charge in [0, 0.05) is 0 Å². The lowest BCUT2D eigenvalue weighted by molar-refractivity contribution is -0.112. The lowest BCUT2D eigenvalue weighted by Gasteiger charge is -1.76. The summed E-state index contributed by atoms with van der Waals surface area (Å²) in [5.41, 5.74) is 0. The third kappa shape index (κ3) is 5.14. The molecule has 40 valence electrons. The van der Waals surface area contributed by atoms with E-state index in [0.29, 0.717) is 6.08 Å². The molecule has 0 atom stereocenters. The maximum absolute atomic E-state index is 11.1. The van der Waals surface area contributed by atoms with Crippen LogP contribution in [0, 0.1) is 0 Å². The summed E-state index contributed by atoms with van der Waals surface area (Å²) in [6.07, 6.45) is 0.500. The first-order chi connectivity index (χ1) is 3.13. The van der Waals surface area contributed by atoms with E-state index in [-0.39, 0.29) is 0 Å². The third-order valence-corrected chi connectivity index (χ3v) is 0.322. The number of carbonyl (C=O) groups excluding carboxylic acids is 1. The molecule has 0 aromatic rings. The molecule has 0 aliphatic heterocycles. The van der Waals surface area contributed by atoms with Crippen molar-refractivity contribution in [3.05, 3.63) is 12.1 Å². The minimum absolute atomic E-state index is 0.500. The highest BCUT2D eigenvalue weighted by Crippen LogP contribution is 1.86. The summed E-state index contributed by atoms with van der Waals surface area (Å²) >= 11 is 0. The van der Waals surface area contributed by atoms with Crippen LogP contribution >= 0.6 is 0 Å². The van der Waals surface area contributed by atoms with Crippen molar-refractivity contribution < 1.29 is 14.3 Å². The Hall–Kier alpha value is -0.860. The summed E-state index contributed by atoms with van der Waals surface area (Å²) in [6, 6.07) is -1.44. The van der Waals surface area contributed by atoms with Crippen LogP contribution in [0.5, 0.6) is 0 Å². The van der Waals surface area contributed by atoms with Gasteiger partial charge in [0.15, 0.2) is 5.78 Å². The number of aliphatic hydroxyl groups is 1. The van der Waals surface area contributed by atoms with Gasteiger partial charge in [-0.15, -0.1) is 0 Å². The molecule has 0 bridgehead atoms. The van der Waals surface area contributed by atoms with Crippen molar-refractivity contribution in [2.24, 2.45) is 0 Å². The van der Waals surface area contributed by atoms with Crippen molar-refractivity contribution in [2.75, 3.05) is 0 Å². The van der Waals surface area contributed by atoms with Gasteiger partial charge in [-0.3, -0.25) is 4.79 Å². The van der Waals surface area contributed by atoms with Gasteiger partial charge in [0.2, 0.25) is 0 Å². The quantitative estimate of drug-likeness (QED) is 0.397. The minimum atomic E-state index is -1.44. The van der Waals surface area contributed by atoms with Gasteiger partial charge < -0.3 is 5.11 Å². The van der Waals surface area contributed by atoms with Gasteiger partial charge in [-0.1, -0.05) is 0 Å². The van der Waals surface area contributed by atoms with Crippen molar-refractivity contribution in [3.63, 3.8) is 0 Å². The Kier molecular flexibility index (Phi) is 2.05. The summed E-state index contributed by atoms with van der Waals surface area (Å²) in [5, 5.41) is 7.70. The van der Waals surface area contributed by atoms with Crippen molar-refractivity contribution in [3.8, 4) is 0 Å². The monoisotopic (exact) mass is 104 g/mol. The van der Waals surface area contributed by atoms with E-state index < -0.39 is 11.8 Å². The van der Waals surface area contributed by atoms with Gasteiger partial charge in [-0.05, 0) is 6.92 Å². The van der Waals surface area contributed by atoms with Gasteiger partial charge >= 0.3 is 0 Å². The number of halogens is 1. The first-order valence-corrected chi connectivity index (χ1v) is 1.69. The summed E-state index contributed by atoms with van der Waals surface area (Å²) in [6.45, 7) is 1.15. The zero-order valence-electron chi connectivity index (χ0n) is 3.81. The average Bonchev–Trinajstić information content (AvgIpc) is 1.27. The molecule has 2 nitrogen and oxygen atoms in total. The van der Waals surface area contributed by atoms with E-state index in [2.05, 4.69) is 0 Å². The molecule has 1 N–H and O–H groups in total. The van der Waals surface area contributed by atoms with Gasteiger partial charge in [-0.2, -0.15) is 4.39 Å². The molecule has 0 fully saturated rings.